The number of nitrogens with two attached hydrogens (primary N) is 1. The second-order valence-corrected chi connectivity index (χ2v) is 8.29. The van der Waals surface area contributed by atoms with E-state index in [4.69, 9.17) is 15.1 Å². The lowest BCUT2D eigenvalue weighted by atomic mass is 10.1. The highest BCUT2D eigenvalue weighted by atomic mass is 32.2. The van der Waals surface area contributed by atoms with Gasteiger partial charge in [-0.3, -0.25) is 4.79 Å². The number of nitrogen functional groups attached to an aromatic ring is 1. The molecule has 0 aliphatic carbocycles. The third kappa shape index (κ3) is 5.07. The number of carbonyl (C=O) groups excluding carboxylic acids is 1. The van der Waals surface area contributed by atoms with Gasteiger partial charge in [0.15, 0.2) is 5.69 Å². The van der Waals surface area contributed by atoms with E-state index >= 15 is 0 Å². The first kappa shape index (κ1) is 23.0. The molecular weight excluding hydrogens is 456 g/mol. The zero-order valence-corrected chi connectivity index (χ0v) is 19.5. The molecule has 4 rings (SSSR count). The summed E-state index contributed by atoms with van der Waals surface area (Å²) in [5, 5.41) is 19.7. The van der Waals surface area contributed by atoms with Crippen molar-refractivity contribution < 1.29 is 14.2 Å². The Labute approximate surface area is 199 Å². The molecular formula is C22H22N8O3S. The Bertz CT molecular complexity index is 1310. The van der Waals surface area contributed by atoms with E-state index in [0.717, 1.165) is 21.8 Å². The van der Waals surface area contributed by atoms with Gasteiger partial charge in [-0.15, -0.1) is 16.9 Å². The van der Waals surface area contributed by atoms with Crippen molar-refractivity contribution in [3.8, 4) is 11.6 Å². The van der Waals surface area contributed by atoms with Crippen molar-refractivity contribution in [1.29, 1.82) is 0 Å². The average molecular weight is 479 g/mol. The first-order valence-electron chi connectivity index (χ1n) is 10.2. The van der Waals surface area contributed by atoms with Crippen molar-refractivity contribution in [1.82, 2.24) is 30.7 Å². The van der Waals surface area contributed by atoms with Crippen molar-refractivity contribution in [3.63, 3.8) is 0 Å². The number of nitrogens with zero attached hydrogens (tertiary/aromatic N) is 6. The quantitative estimate of drug-likeness (QED) is 0.222. The lowest BCUT2D eigenvalue weighted by Crippen LogP contribution is -2.21. The summed E-state index contributed by atoms with van der Waals surface area (Å²) in [7, 11) is 1.60. The number of hydrogen-bond acceptors (Lipinski definition) is 10. The maximum Gasteiger partial charge on any atom is 0.293 e. The third-order valence-corrected chi connectivity index (χ3v) is 5.93. The van der Waals surface area contributed by atoms with Gasteiger partial charge in [0.2, 0.25) is 11.6 Å². The van der Waals surface area contributed by atoms with E-state index < -0.39 is 5.91 Å². The van der Waals surface area contributed by atoms with Gasteiger partial charge in [-0.2, -0.15) is 9.78 Å². The van der Waals surface area contributed by atoms with Gasteiger partial charge in [0, 0.05) is 10.6 Å². The number of benzene rings is 2. The molecule has 0 radical (unpaired) electrons. The van der Waals surface area contributed by atoms with E-state index in [1.165, 1.54) is 16.4 Å². The van der Waals surface area contributed by atoms with E-state index in [1.807, 2.05) is 55.5 Å². The molecule has 0 spiro atoms. The summed E-state index contributed by atoms with van der Waals surface area (Å²) in [6.07, 6.45) is 0. The van der Waals surface area contributed by atoms with E-state index in [2.05, 4.69) is 31.2 Å². The van der Waals surface area contributed by atoms with Crippen LogP contribution >= 0.6 is 11.8 Å². The van der Waals surface area contributed by atoms with Crippen LogP contribution in [0.5, 0.6) is 5.75 Å². The summed E-state index contributed by atoms with van der Waals surface area (Å²) in [6.45, 7) is 3.81. The molecule has 0 fully saturated rings. The number of thioether (sulfide) groups is 1. The summed E-state index contributed by atoms with van der Waals surface area (Å²) in [5.74, 6) is 0.769. The number of aromatic nitrogens is 5. The van der Waals surface area contributed by atoms with Crippen LogP contribution < -0.4 is 15.9 Å². The van der Waals surface area contributed by atoms with Crippen LogP contribution in [-0.4, -0.2) is 44.0 Å². The largest absolute Gasteiger partial charge is 0.497 e. The number of rotatable bonds is 8. The Kier molecular flexibility index (Phi) is 6.87. The number of anilines is 1. The van der Waals surface area contributed by atoms with E-state index in [0.29, 0.717) is 17.2 Å². The number of ether oxygens (including phenoxy) is 1. The molecule has 0 saturated carbocycles. The molecule has 0 saturated heterocycles. The normalized spacial score (nSPS) is 11.4. The number of aryl methyl sites for hydroxylation is 1. The highest BCUT2D eigenvalue weighted by Crippen LogP contribution is 2.26. The Morgan fingerprint density at radius 2 is 1.91 bits per heavy atom. The van der Waals surface area contributed by atoms with Crippen molar-refractivity contribution in [3.05, 3.63) is 71.0 Å². The van der Waals surface area contributed by atoms with Crippen LogP contribution in [0.1, 0.15) is 34.2 Å². The van der Waals surface area contributed by atoms with Gasteiger partial charge in [0.1, 0.15) is 5.75 Å². The number of hydrazone groups is 1. The minimum absolute atomic E-state index is 0.0341. The molecule has 2 heterocycles. The van der Waals surface area contributed by atoms with Crippen LogP contribution in [0.4, 0.5) is 5.82 Å². The fourth-order valence-corrected chi connectivity index (χ4v) is 3.88. The number of carbonyl (C=O) groups is 1. The molecule has 11 nitrogen and oxygen atoms in total. The minimum Gasteiger partial charge on any atom is -0.497 e. The first-order valence-corrected chi connectivity index (χ1v) is 11.2. The highest BCUT2D eigenvalue weighted by molar-refractivity contribution is 7.98. The van der Waals surface area contributed by atoms with Gasteiger partial charge in [-0.1, -0.05) is 22.9 Å². The van der Waals surface area contributed by atoms with Gasteiger partial charge >= 0.3 is 0 Å². The minimum atomic E-state index is -0.520. The Balaban J connectivity index is 1.58. The monoisotopic (exact) mass is 478 g/mol. The van der Waals surface area contributed by atoms with Gasteiger partial charge in [-0.25, -0.2) is 10.1 Å². The number of hydrogen-bond donors (Lipinski definition) is 2. The second kappa shape index (κ2) is 10.2. The molecule has 0 unspecified atom stereocenters. The van der Waals surface area contributed by atoms with Crippen molar-refractivity contribution in [2.75, 3.05) is 12.8 Å². The fourth-order valence-electron chi connectivity index (χ4n) is 2.99. The molecule has 0 aliphatic rings. The molecule has 174 valence electrons. The maximum absolute atomic E-state index is 13.0. The summed E-state index contributed by atoms with van der Waals surface area (Å²) in [6, 6.07) is 15.4. The number of amides is 1. The average Bonchev–Trinajstić information content (AvgIpc) is 3.47. The molecule has 2 aromatic carbocycles. The van der Waals surface area contributed by atoms with Crippen LogP contribution in [0.2, 0.25) is 0 Å². The van der Waals surface area contributed by atoms with Gasteiger partial charge in [0.05, 0.1) is 18.5 Å². The van der Waals surface area contributed by atoms with Crippen LogP contribution in [0, 0.1) is 6.92 Å². The Hall–Kier alpha value is -4.19. The highest BCUT2D eigenvalue weighted by Gasteiger charge is 2.24. The lowest BCUT2D eigenvalue weighted by Gasteiger charge is -2.07. The number of methoxy groups -OCH3 is 1. The van der Waals surface area contributed by atoms with Crippen LogP contribution in [0.3, 0.4) is 0 Å². The maximum atomic E-state index is 13.0. The molecule has 2 aromatic heterocycles. The zero-order chi connectivity index (χ0) is 24.1. The van der Waals surface area contributed by atoms with Crippen LogP contribution in [-0.2, 0) is 5.75 Å². The second-order valence-electron chi connectivity index (χ2n) is 7.24. The predicted molar refractivity (Wildman–Crippen MR) is 127 cm³/mol. The van der Waals surface area contributed by atoms with Crippen LogP contribution in [0.25, 0.3) is 5.82 Å². The lowest BCUT2D eigenvalue weighted by molar-refractivity contribution is 0.0949. The summed E-state index contributed by atoms with van der Waals surface area (Å²) in [5.41, 5.74) is 11.6. The van der Waals surface area contributed by atoms with Crippen LogP contribution in [0.15, 0.2) is 63.2 Å². The van der Waals surface area contributed by atoms with Gasteiger partial charge in [0.25, 0.3) is 5.91 Å². The Morgan fingerprint density at radius 1 is 1.18 bits per heavy atom. The number of nitrogens with one attached hydrogen (secondary N) is 1. The summed E-state index contributed by atoms with van der Waals surface area (Å²) >= 11 is 1.51. The van der Waals surface area contributed by atoms with Crippen molar-refractivity contribution in [2.24, 2.45) is 5.10 Å². The van der Waals surface area contributed by atoms with E-state index in [9.17, 15) is 4.79 Å². The van der Waals surface area contributed by atoms with Gasteiger partial charge in [-0.05, 0) is 66.1 Å². The van der Waals surface area contributed by atoms with Crippen molar-refractivity contribution in [2.45, 2.75) is 24.5 Å². The predicted octanol–water partition coefficient (Wildman–Crippen LogP) is 3.00. The molecule has 0 bridgehead atoms. The fraction of sp³-hybridized carbons (Fsp3) is 0.182. The SMILES string of the molecule is COc1ccc(C(C)=NNC(=O)c2nnn(-c3nonc3N)c2CSc2ccc(C)cc2)cc1. The molecule has 0 atom stereocenters. The smallest absolute Gasteiger partial charge is 0.293 e. The molecule has 1 amide bonds. The van der Waals surface area contributed by atoms with E-state index in [-0.39, 0.29) is 17.3 Å². The zero-order valence-electron chi connectivity index (χ0n) is 18.7. The Morgan fingerprint density at radius 3 is 2.56 bits per heavy atom. The topological polar surface area (TPSA) is 146 Å². The molecule has 34 heavy (non-hydrogen) atoms. The van der Waals surface area contributed by atoms with Crippen molar-refractivity contribution >= 4 is 29.2 Å². The molecule has 12 heteroatoms. The standard InChI is InChI=1S/C22H22N8O3S/c1-13-4-10-17(11-5-13)34-12-18-19(25-29-30(18)21-20(23)27-33-28-21)22(31)26-24-14(2)15-6-8-16(32-3)9-7-15/h4-11H,12H2,1-3H3,(H2,23,27)(H,26,31). The molecule has 0 aliphatic heterocycles. The van der Waals surface area contributed by atoms with Gasteiger partial charge < -0.3 is 10.5 Å². The molecule has 3 N–H and O–H groups in total. The third-order valence-electron chi connectivity index (χ3n) is 4.90. The van der Waals surface area contributed by atoms with E-state index in [1.54, 1.807) is 14.0 Å². The first-order chi connectivity index (χ1) is 16.5. The summed E-state index contributed by atoms with van der Waals surface area (Å²) in [4.78, 5) is 14.0. The summed E-state index contributed by atoms with van der Waals surface area (Å²) < 4.78 is 11.2. The molecule has 4 aromatic rings.